The molecule has 0 heterocycles. The van der Waals surface area contributed by atoms with Gasteiger partial charge in [-0.3, -0.25) is 0 Å². The van der Waals surface area contributed by atoms with Crippen molar-refractivity contribution in [3.05, 3.63) is 0 Å². The van der Waals surface area contributed by atoms with Gasteiger partial charge in [0.25, 0.3) is 0 Å². The van der Waals surface area contributed by atoms with Gasteiger partial charge in [0.1, 0.15) is 0 Å². The van der Waals surface area contributed by atoms with Crippen molar-refractivity contribution >= 4 is 0 Å². The topological polar surface area (TPSA) is 20.2 Å². The van der Waals surface area contributed by atoms with Crippen molar-refractivity contribution in [1.82, 2.24) is 0 Å². The van der Waals surface area contributed by atoms with Gasteiger partial charge in [-0.15, -0.1) is 0 Å². The van der Waals surface area contributed by atoms with E-state index in [1.54, 1.807) is 19.3 Å². The molecule has 38 heavy (non-hydrogen) atoms. The van der Waals surface area contributed by atoms with Crippen LogP contribution in [-0.4, -0.2) is 11.7 Å². The largest absolute Gasteiger partial charge is 0.396 e. The summed E-state index contributed by atoms with van der Waals surface area (Å²) in [5.41, 5.74) is 0. The average molecular weight is 535 g/mol. The number of aliphatic hydroxyl groups excluding tert-OH is 1. The van der Waals surface area contributed by atoms with Crippen LogP contribution in [0.3, 0.4) is 0 Å². The lowest BCUT2D eigenvalue weighted by Crippen LogP contribution is -2.35. The Bertz CT molecular complexity index is 458. The molecular weight excluding hydrogens is 460 g/mol. The fraction of sp³-hybridized carbons (Fsp3) is 1.00. The summed E-state index contributed by atoms with van der Waals surface area (Å²) < 4.78 is 0. The fourth-order valence-electron chi connectivity index (χ4n) is 7.73. The summed E-state index contributed by atoms with van der Waals surface area (Å²) in [6, 6.07) is 0. The van der Waals surface area contributed by atoms with Gasteiger partial charge in [0.2, 0.25) is 0 Å². The Morgan fingerprint density at radius 3 is 1.03 bits per heavy atom. The van der Waals surface area contributed by atoms with Crippen LogP contribution in [0.5, 0.6) is 0 Å². The van der Waals surface area contributed by atoms with Gasteiger partial charge < -0.3 is 5.11 Å². The third kappa shape index (κ3) is 18.3. The molecule has 1 aliphatic rings. The van der Waals surface area contributed by atoms with Gasteiger partial charge >= 0.3 is 0 Å². The quantitative estimate of drug-likeness (QED) is 0.0989. The molecule has 1 aliphatic carbocycles. The molecule has 0 bridgehead atoms. The van der Waals surface area contributed by atoms with Crippen LogP contribution in [0.2, 0.25) is 0 Å². The van der Waals surface area contributed by atoms with E-state index in [1.807, 2.05) is 0 Å². The third-order valence-electron chi connectivity index (χ3n) is 10.1. The Morgan fingerprint density at radius 2 is 0.658 bits per heavy atom. The Hall–Kier alpha value is -0.0400. The molecule has 0 saturated heterocycles. The van der Waals surface area contributed by atoms with Crippen molar-refractivity contribution in [3.8, 4) is 0 Å². The van der Waals surface area contributed by atoms with Crippen molar-refractivity contribution in [2.45, 2.75) is 207 Å². The summed E-state index contributed by atoms with van der Waals surface area (Å²) in [5, 5.41) is 9.05. The second-order valence-electron chi connectivity index (χ2n) is 13.4. The Morgan fingerprint density at radius 1 is 0.368 bits per heavy atom. The molecule has 0 aromatic heterocycles. The van der Waals surface area contributed by atoms with Crippen LogP contribution in [0, 0.1) is 23.7 Å². The smallest absolute Gasteiger partial charge is 0.0431 e. The fourth-order valence-corrected chi connectivity index (χ4v) is 7.73. The summed E-state index contributed by atoms with van der Waals surface area (Å²) in [6.07, 6.45) is 41.8. The van der Waals surface area contributed by atoms with Gasteiger partial charge in [-0.05, 0) is 55.8 Å². The van der Waals surface area contributed by atoms with E-state index >= 15 is 0 Å². The Labute approximate surface area is 242 Å². The second kappa shape index (κ2) is 27.1. The van der Waals surface area contributed by atoms with Gasteiger partial charge in [-0.1, -0.05) is 175 Å². The molecule has 0 radical (unpaired) electrons. The first-order valence-corrected chi connectivity index (χ1v) is 18.4. The minimum Gasteiger partial charge on any atom is -0.396 e. The molecule has 0 aromatic carbocycles. The molecule has 1 nitrogen and oxygen atoms in total. The maximum absolute atomic E-state index is 9.05. The molecule has 4 atom stereocenters. The molecule has 0 aliphatic heterocycles. The minimum atomic E-state index is 0.377. The van der Waals surface area contributed by atoms with Crippen molar-refractivity contribution in [2.75, 3.05) is 6.61 Å². The molecule has 0 spiro atoms. The van der Waals surface area contributed by atoms with E-state index in [9.17, 15) is 0 Å². The highest BCUT2D eigenvalue weighted by Gasteiger charge is 2.37. The lowest BCUT2D eigenvalue weighted by molar-refractivity contribution is 0.0581. The van der Waals surface area contributed by atoms with Crippen LogP contribution in [0.25, 0.3) is 0 Å². The maximum atomic E-state index is 9.05. The normalized spacial score (nSPS) is 21.8. The molecule has 1 rings (SSSR count). The first kappa shape index (κ1) is 36.0. The summed E-state index contributed by atoms with van der Waals surface area (Å²) in [5.74, 6) is 4.11. The Balaban J connectivity index is 2.70. The van der Waals surface area contributed by atoms with E-state index in [0.29, 0.717) is 6.61 Å². The van der Waals surface area contributed by atoms with Crippen LogP contribution in [-0.2, 0) is 0 Å². The predicted molar refractivity (Wildman–Crippen MR) is 172 cm³/mol. The average Bonchev–Trinajstić information content (AvgIpc) is 2.93. The number of rotatable bonds is 28. The van der Waals surface area contributed by atoms with Gasteiger partial charge in [-0.2, -0.15) is 0 Å². The first-order valence-electron chi connectivity index (χ1n) is 18.4. The lowest BCUT2D eigenvalue weighted by Gasteiger charge is -2.44. The van der Waals surface area contributed by atoms with Crippen molar-refractivity contribution in [3.63, 3.8) is 0 Å². The van der Waals surface area contributed by atoms with Gasteiger partial charge in [-0.25, -0.2) is 0 Å². The maximum Gasteiger partial charge on any atom is 0.0431 e. The van der Waals surface area contributed by atoms with E-state index in [4.69, 9.17) is 5.11 Å². The van der Waals surface area contributed by atoms with E-state index in [2.05, 4.69) is 20.8 Å². The highest BCUT2D eigenvalue weighted by Crippen LogP contribution is 2.47. The van der Waals surface area contributed by atoms with Crippen molar-refractivity contribution in [2.24, 2.45) is 23.7 Å². The predicted octanol–water partition coefficient (Wildman–Crippen LogP) is 12.8. The summed E-state index contributed by atoms with van der Waals surface area (Å²) in [6.45, 7) is 7.41. The molecule has 1 heteroatoms. The number of hydrogen-bond acceptors (Lipinski definition) is 1. The van der Waals surface area contributed by atoms with Gasteiger partial charge in [0.15, 0.2) is 0 Å². The molecule has 1 saturated carbocycles. The van der Waals surface area contributed by atoms with E-state index < -0.39 is 0 Å². The summed E-state index contributed by atoms with van der Waals surface area (Å²) in [7, 11) is 0. The molecule has 1 fully saturated rings. The van der Waals surface area contributed by atoms with Crippen LogP contribution in [0.4, 0.5) is 0 Å². The number of aliphatic hydroxyl groups is 1. The van der Waals surface area contributed by atoms with Crippen LogP contribution in [0.15, 0.2) is 0 Å². The second-order valence-corrected chi connectivity index (χ2v) is 13.4. The van der Waals surface area contributed by atoms with Gasteiger partial charge in [0.05, 0.1) is 0 Å². The van der Waals surface area contributed by atoms with E-state index in [1.165, 1.54) is 161 Å². The zero-order valence-electron chi connectivity index (χ0n) is 27.0. The zero-order chi connectivity index (χ0) is 27.5. The molecular formula is C37H74O. The summed E-state index contributed by atoms with van der Waals surface area (Å²) in [4.78, 5) is 0. The van der Waals surface area contributed by atoms with Crippen molar-refractivity contribution < 1.29 is 5.11 Å². The molecule has 0 aromatic rings. The van der Waals surface area contributed by atoms with Crippen LogP contribution >= 0.6 is 0 Å². The summed E-state index contributed by atoms with van der Waals surface area (Å²) >= 11 is 0. The van der Waals surface area contributed by atoms with Crippen molar-refractivity contribution in [1.29, 1.82) is 0 Å². The van der Waals surface area contributed by atoms with Gasteiger partial charge in [0, 0.05) is 6.61 Å². The third-order valence-corrected chi connectivity index (χ3v) is 10.1. The minimum absolute atomic E-state index is 0.377. The van der Waals surface area contributed by atoms with E-state index in [0.717, 1.165) is 30.1 Å². The molecule has 1 N–H and O–H groups in total. The number of hydrogen-bond donors (Lipinski definition) is 1. The zero-order valence-corrected chi connectivity index (χ0v) is 27.0. The van der Waals surface area contributed by atoms with Crippen LogP contribution < -0.4 is 0 Å². The van der Waals surface area contributed by atoms with E-state index in [-0.39, 0.29) is 0 Å². The Kier molecular flexibility index (Phi) is 25.7. The van der Waals surface area contributed by atoms with Crippen LogP contribution in [0.1, 0.15) is 207 Å². The number of unbranched alkanes of at least 4 members (excludes halogenated alkanes) is 19. The molecule has 4 unspecified atom stereocenters. The lowest BCUT2D eigenvalue weighted by atomic mass is 9.61. The highest BCUT2D eigenvalue weighted by atomic mass is 16.2. The molecule has 228 valence electrons. The first-order chi connectivity index (χ1) is 18.8. The SMILES string of the molecule is CCCCCCCCCC1C(CCCCCCCCO)CCC(CCCCCC)C1CCCCCCCC. The molecule has 0 amide bonds. The highest BCUT2D eigenvalue weighted by molar-refractivity contribution is 4.88. The monoisotopic (exact) mass is 535 g/mol. The standard InChI is InChI=1S/C37H74O/c1-4-7-10-13-15-20-25-30-37-35(28-23-18-16-17-21-26-33-38)32-31-34(27-22-12-9-6-3)36(37)29-24-19-14-11-8-5-2/h34-38H,4-33H2,1-3H3.